The SMILES string of the molecule is CCCC(=O)Nc1cccc(SC(C)C(=O)Nc2sc3c(c2C(=O)OC)CCCCCC3)c1. The average molecular weight is 489 g/mol. The first kappa shape index (κ1) is 25.3. The monoisotopic (exact) mass is 488 g/mol. The molecule has 1 unspecified atom stereocenters. The van der Waals surface area contributed by atoms with Crippen LogP contribution in [0.5, 0.6) is 0 Å². The van der Waals surface area contributed by atoms with Gasteiger partial charge in [0.1, 0.15) is 5.00 Å². The number of esters is 1. The number of aryl methyl sites for hydroxylation is 1. The molecule has 1 aromatic heterocycles. The Balaban J connectivity index is 1.73. The van der Waals surface area contributed by atoms with Crippen LogP contribution in [0, 0.1) is 0 Å². The highest BCUT2D eigenvalue weighted by atomic mass is 32.2. The minimum atomic E-state index is -0.390. The Labute approximate surface area is 203 Å². The molecule has 1 heterocycles. The number of carbonyl (C=O) groups is 3. The summed E-state index contributed by atoms with van der Waals surface area (Å²) in [7, 11) is 1.38. The van der Waals surface area contributed by atoms with Crippen molar-refractivity contribution >= 4 is 51.6 Å². The van der Waals surface area contributed by atoms with Crippen LogP contribution in [0.25, 0.3) is 0 Å². The molecule has 178 valence electrons. The van der Waals surface area contributed by atoms with Gasteiger partial charge in [0.2, 0.25) is 11.8 Å². The van der Waals surface area contributed by atoms with E-state index in [1.807, 2.05) is 38.1 Å². The quantitative estimate of drug-likeness (QED) is 0.349. The van der Waals surface area contributed by atoms with Gasteiger partial charge in [0, 0.05) is 21.9 Å². The first-order valence-electron chi connectivity index (χ1n) is 11.5. The van der Waals surface area contributed by atoms with Gasteiger partial charge in [0.25, 0.3) is 0 Å². The molecule has 0 aliphatic heterocycles. The number of hydrogen-bond acceptors (Lipinski definition) is 6. The van der Waals surface area contributed by atoms with E-state index in [0.29, 0.717) is 17.0 Å². The number of fused-ring (bicyclic) bond motifs is 1. The van der Waals surface area contributed by atoms with Crippen molar-refractivity contribution in [3.05, 3.63) is 40.3 Å². The number of carbonyl (C=O) groups excluding carboxylic acids is 3. The molecule has 0 spiro atoms. The van der Waals surface area contributed by atoms with Crippen LogP contribution in [0.4, 0.5) is 10.7 Å². The number of nitrogens with one attached hydrogen (secondary N) is 2. The van der Waals surface area contributed by atoms with E-state index >= 15 is 0 Å². The second-order valence-corrected chi connectivity index (χ2v) is 10.7. The number of benzene rings is 1. The summed E-state index contributed by atoms with van der Waals surface area (Å²) in [4.78, 5) is 39.5. The zero-order valence-corrected chi connectivity index (χ0v) is 21.1. The van der Waals surface area contributed by atoms with Gasteiger partial charge >= 0.3 is 5.97 Å². The Morgan fingerprint density at radius 1 is 1.12 bits per heavy atom. The van der Waals surface area contributed by atoms with Crippen molar-refractivity contribution in [3.8, 4) is 0 Å². The molecule has 0 saturated carbocycles. The average Bonchev–Trinajstić information content (AvgIpc) is 3.09. The second-order valence-electron chi connectivity index (χ2n) is 8.19. The lowest BCUT2D eigenvalue weighted by molar-refractivity contribution is -0.116. The number of ether oxygens (including phenoxy) is 1. The van der Waals surface area contributed by atoms with E-state index in [9.17, 15) is 14.4 Å². The van der Waals surface area contributed by atoms with Crippen LogP contribution in [-0.2, 0) is 27.2 Å². The van der Waals surface area contributed by atoms with Gasteiger partial charge in [-0.1, -0.05) is 25.8 Å². The van der Waals surface area contributed by atoms with E-state index in [1.165, 1.54) is 41.5 Å². The fraction of sp³-hybridized carbons (Fsp3) is 0.480. The highest BCUT2D eigenvalue weighted by molar-refractivity contribution is 8.00. The Morgan fingerprint density at radius 2 is 1.88 bits per heavy atom. The molecule has 6 nitrogen and oxygen atoms in total. The summed E-state index contributed by atoms with van der Waals surface area (Å²) >= 11 is 2.92. The third-order valence-corrected chi connectivity index (χ3v) is 7.88. The largest absolute Gasteiger partial charge is 0.465 e. The van der Waals surface area contributed by atoms with E-state index in [0.717, 1.165) is 54.7 Å². The number of rotatable bonds is 8. The maximum Gasteiger partial charge on any atom is 0.341 e. The number of thiophene rings is 1. The molecule has 1 aromatic carbocycles. The highest BCUT2D eigenvalue weighted by Crippen LogP contribution is 2.38. The summed E-state index contributed by atoms with van der Waals surface area (Å²) in [5, 5.41) is 6.09. The van der Waals surface area contributed by atoms with Crippen LogP contribution >= 0.6 is 23.1 Å². The molecular weight excluding hydrogens is 456 g/mol. The number of anilines is 2. The fourth-order valence-electron chi connectivity index (χ4n) is 3.89. The molecule has 33 heavy (non-hydrogen) atoms. The molecule has 1 aliphatic rings. The Bertz CT molecular complexity index is 1000. The number of thioether (sulfide) groups is 1. The molecule has 0 fully saturated rings. The van der Waals surface area contributed by atoms with Crippen LogP contribution in [0.2, 0.25) is 0 Å². The van der Waals surface area contributed by atoms with Gasteiger partial charge in [0.05, 0.1) is 17.9 Å². The van der Waals surface area contributed by atoms with Crippen LogP contribution < -0.4 is 10.6 Å². The molecule has 2 amide bonds. The van der Waals surface area contributed by atoms with Gasteiger partial charge in [-0.3, -0.25) is 9.59 Å². The maximum atomic E-state index is 13.0. The summed E-state index contributed by atoms with van der Waals surface area (Å²) in [5.41, 5.74) is 2.28. The zero-order chi connectivity index (χ0) is 23.8. The number of hydrogen-bond donors (Lipinski definition) is 2. The Morgan fingerprint density at radius 3 is 2.61 bits per heavy atom. The first-order chi connectivity index (χ1) is 15.9. The fourth-order valence-corrected chi connectivity index (χ4v) is 6.10. The lowest BCUT2D eigenvalue weighted by Gasteiger charge is -2.13. The van der Waals surface area contributed by atoms with Gasteiger partial charge < -0.3 is 15.4 Å². The van der Waals surface area contributed by atoms with E-state index < -0.39 is 0 Å². The third kappa shape index (κ3) is 6.84. The zero-order valence-electron chi connectivity index (χ0n) is 19.5. The molecule has 1 aliphatic carbocycles. The third-order valence-electron chi connectivity index (χ3n) is 5.57. The van der Waals surface area contributed by atoms with Crippen molar-refractivity contribution in [2.75, 3.05) is 17.7 Å². The normalized spacial score (nSPS) is 14.4. The van der Waals surface area contributed by atoms with Crippen LogP contribution in [0.15, 0.2) is 29.2 Å². The molecule has 0 saturated heterocycles. The Kier molecular flexibility index (Phi) is 9.38. The molecule has 0 radical (unpaired) electrons. The molecule has 0 bridgehead atoms. The number of amides is 2. The highest BCUT2D eigenvalue weighted by Gasteiger charge is 2.27. The van der Waals surface area contributed by atoms with E-state index in [-0.39, 0.29) is 23.0 Å². The summed E-state index contributed by atoms with van der Waals surface area (Å²) in [6, 6.07) is 7.49. The predicted molar refractivity (Wildman–Crippen MR) is 135 cm³/mol. The Hall–Kier alpha value is -2.32. The summed E-state index contributed by atoms with van der Waals surface area (Å²) < 4.78 is 5.05. The van der Waals surface area contributed by atoms with Crippen LogP contribution in [0.3, 0.4) is 0 Å². The van der Waals surface area contributed by atoms with Crippen LogP contribution in [-0.4, -0.2) is 30.1 Å². The van der Waals surface area contributed by atoms with Crippen molar-refractivity contribution in [1.29, 1.82) is 0 Å². The van der Waals surface area contributed by atoms with Crippen molar-refractivity contribution in [2.24, 2.45) is 0 Å². The van der Waals surface area contributed by atoms with Crippen LogP contribution in [0.1, 0.15) is 73.2 Å². The lowest BCUT2D eigenvalue weighted by Crippen LogP contribution is -2.23. The molecule has 2 aromatic rings. The van der Waals surface area contributed by atoms with Crippen molar-refractivity contribution in [3.63, 3.8) is 0 Å². The van der Waals surface area contributed by atoms with Crippen molar-refractivity contribution in [2.45, 2.75) is 75.4 Å². The van der Waals surface area contributed by atoms with E-state index in [2.05, 4.69) is 10.6 Å². The molecular formula is C25H32N2O4S2. The van der Waals surface area contributed by atoms with Gasteiger partial charge in [0.15, 0.2) is 0 Å². The minimum Gasteiger partial charge on any atom is -0.465 e. The van der Waals surface area contributed by atoms with E-state index in [1.54, 1.807) is 0 Å². The first-order valence-corrected chi connectivity index (χ1v) is 13.2. The molecule has 3 rings (SSSR count). The van der Waals surface area contributed by atoms with Gasteiger partial charge in [-0.25, -0.2) is 4.79 Å². The molecule has 8 heteroatoms. The molecule has 2 N–H and O–H groups in total. The van der Waals surface area contributed by atoms with Gasteiger partial charge in [-0.05, 0) is 62.8 Å². The second kappa shape index (κ2) is 12.2. The summed E-state index contributed by atoms with van der Waals surface area (Å²) in [6.07, 6.45) is 7.52. The predicted octanol–water partition coefficient (Wildman–Crippen LogP) is 6.05. The number of methoxy groups -OCH3 is 1. The lowest BCUT2D eigenvalue weighted by atomic mass is 9.96. The minimum absolute atomic E-state index is 0.0194. The van der Waals surface area contributed by atoms with Gasteiger partial charge in [-0.15, -0.1) is 23.1 Å². The topological polar surface area (TPSA) is 84.5 Å². The summed E-state index contributed by atoms with van der Waals surface area (Å²) in [6.45, 7) is 3.80. The molecule has 1 atom stereocenters. The van der Waals surface area contributed by atoms with Crippen molar-refractivity contribution < 1.29 is 19.1 Å². The van der Waals surface area contributed by atoms with E-state index in [4.69, 9.17) is 4.74 Å². The van der Waals surface area contributed by atoms with Gasteiger partial charge in [-0.2, -0.15) is 0 Å². The van der Waals surface area contributed by atoms with Crippen molar-refractivity contribution in [1.82, 2.24) is 0 Å². The standard InChI is InChI=1S/C25H32N2O4S2/c1-4-10-21(28)26-17-11-9-12-18(15-17)32-16(2)23(29)27-24-22(25(30)31-3)19-13-7-5-6-8-14-20(19)33-24/h9,11-12,15-16H,4-8,10,13-14H2,1-3H3,(H,26,28)(H,27,29). The summed E-state index contributed by atoms with van der Waals surface area (Å²) in [5.74, 6) is -0.576. The smallest absolute Gasteiger partial charge is 0.341 e. The maximum absolute atomic E-state index is 13.0.